The first-order valence-electron chi connectivity index (χ1n) is 6.74. The Kier molecular flexibility index (Phi) is 7.34. The number of hydrogen-bond acceptors (Lipinski definition) is 3. The summed E-state index contributed by atoms with van der Waals surface area (Å²) in [6.07, 6.45) is 5.60. The molecule has 0 saturated carbocycles. The van der Waals surface area contributed by atoms with Gasteiger partial charge in [0, 0.05) is 15.2 Å². The Balaban J connectivity index is 2.74. The van der Waals surface area contributed by atoms with Crippen molar-refractivity contribution in [2.75, 3.05) is 6.61 Å². The van der Waals surface area contributed by atoms with Crippen LogP contribution in [0.1, 0.15) is 44.6 Å². The molecule has 0 aliphatic heterocycles. The van der Waals surface area contributed by atoms with Crippen LogP contribution in [0.4, 0.5) is 0 Å². The van der Waals surface area contributed by atoms with Gasteiger partial charge >= 0.3 is 0 Å². The molecule has 114 valence electrons. The summed E-state index contributed by atoms with van der Waals surface area (Å²) in [5, 5.41) is 0. The van der Waals surface area contributed by atoms with E-state index in [1.165, 1.54) is 25.3 Å². The Morgan fingerprint density at radius 2 is 1.85 bits per heavy atom. The third-order valence-corrected chi connectivity index (χ3v) is 4.75. The Morgan fingerprint density at radius 1 is 1.20 bits per heavy atom. The van der Waals surface area contributed by atoms with E-state index in [-0.39, 0.29) is 4.90 Å². The lowest BCUT2D eigenvalue weighted by molar-refractivity contribution is 0.295. The fourth-order valence-electron chi connectivity index (χ4n) is 1.95. The average Bonchev–Trinajstić information content (AvgIpc) is 2.34. The van der Waals surface area contributed by atoms with Crippen LogP contribution in [-0.2, 0) is 9.05 Å². The second kappa shape index (κ2) is 8.25. The molecule has 0 radical (unpaired) electrons. The standard InChI is InChI=1S/C14H20BrClO3S/c1-3-4-5-6-7-8-19-14-11(2)9-12(15)10-13(14)20(16,17)18/h9-10H,3-8H2,1-2H3. The molecular weight excluding hydrogens is 364 g/mol. The van der Waals surface area contributed by atoms with Crippen LogP contribution in [0.15, 0.2) is 21.5 Å². The van der Waals surface area contributed by atoms with Gasteiger partial charge in [-0.3, -0.25) is 0 Å². The molecule has 0 bridgehead atoms. The first-order valence-corrected chi connectivity index (χ1v) is 9.84. The molecule has 20 heavy (non-hydrogen) atoms. The zero-order valence-corrected chi connectivity index (χ0v) is 14.9. The second-order valence-corrected chi connectivity index (χ2v) is 8.20. The van der Waals surface area contributed by atoms with Crippen molar-refractivity contribution in [3.63, 3.8) is 0 Å². The average molecular weight is 384 g/mol. The number of benzene rings is 1. The molecular formula is C14H20BrClO3S. The largest absolute Gasteiger partial charge is 0.492 e. The molecule has 0 unspecified atom stereocenters. The highest BCUT2D eigenvalue weighted by Crippen LogP contribution is 2.33. The van der Waals surface area contributed by atoms with E-state index in [9.17, 15) is 8.42 Å². The number of unbranched alkanes of at least 4 members (excludes halogenated alkanes) is 4. The van der Waals surface area contributed by atoms with Crippen LogP contribution in [0.3, 0.4) is 0 Å². The molecule has 6 heteroatoms. The van der Waals surface area contributed by atoms with E-state index in [4.69, 9.17) is 15.4 Å². The zero-order chi connectivity index (χ0) is 15.2. The van der Waals surface area contributed by atoms with Crippen molar-refractivity contribution in [3.05, 3.63) is 22.2 Å². The van der Waals surface area contributed by atoms with Crippen LogP contribution in [0, 0.1) is 6.92 Å². The van der Waals surface area contributed by atoms with Crippen LogP contribution in [0.2, 0.25) is 0 Å². The molecule has 0 saturated heterocycles. The second-order valence-electron chi connectivity index (χ2n) is 4.75. The minimum Gasteiger partial charge on any atom is -0.492 e. The monoisotopic (exact) mass is 382 g/mol. The van der Waals surface area contributed by atoms with Crippen molar-refractivity contribution in [1.82, 2.24) is 0 Å². The van der Waals surface area contributed by atoms with Gasteiger partial charge < -0.3 is 4.74 Å². The molecule has 0 aliphatic carbocycles. The summed E-state index contributed by atoms with van der Waals surface area (Å²) in [6, 6.07) is 3.29. The molecule has 0 N–H and O–H groups in total. The van der Waals surface area contributed by atoms with Crippen molar-refractivity contribution in [1.29, 1.82) is 0 Å². The topological polar surface area (TPSA) is 43.4 Å². The van der Waals surface area contributed by atoms with Gasteiger partial charge in [-0.05, 0) is 31.0 Å². The summed E-state index contributed by atoms with van der Waals surface area (Å²) in [4.78, 5) is 0.0274. The zero-order valence-electron chi connectivity index (χ0n) is 11.8. The predicted octanol–water partition coefficient (Wildman–Crippen LogP) is 5.03. The van der Waals surface area contributed by atoms with Gasteiger partial charge in [0.05, 0.1) is 6.61 Å². The molecule has 0 amide bonds. The maximum atomic E-state index is 11.6. The number of aryl methyl sites for hydroxylation is 1. The summed E-state index contributed by atoms with van der Waals surface area (Å²) < 4.78 is 29.5. The molecule has 0 heterocycles. The molecule has 0 aromatic heterocycles. The highest BCUT2D eigenvalue weighted by Gasteiger charge is 2.19. The van der Waals surface area contributed by atoms with Crippen LogP contribution in [0.25, 0.3) is 0 Å². The van der Waals surface area contributed by atoms with E-state index >= 15 is 0 Å². The maximum absolute atomic E-state index is 11.6. The van der Waals surface area contributed by atoms with Crippen LogP contribution >= 0.6 is 26.6 Å². The van der Waals surface area contributed by atoms with E-state index in [2.05, 4.69) is 22.9 Å². The van der Waals surface area contributed by atoms with Crippen molar-refractivity contribution in [3.8, 4) is 5.75 Å². The normalized spacial score (nSPS) is 11.6. The minimum atomic E-state index is -3.81. The van der Waals surface area contributed by atoms with E-state index in [1.807, 2.05) is 13.0 Å². The van der Waals surface area contributed by atoms with Crippen molar-refractivity contribution >= 4 is 35.7 Å². The lowest BCUT2D eigenvalue weighted by atomic mass is 10.2. The molecule has 1 aromatic carbocycles. The van der Waals surface area contributed by atoms with Gasteiger partial charge in [-0.2, -0.15) is 0 Å². The lowest BCUT2D eigenvalue weighted by Gasteiger charge is -2.13. The molecule has 1 aromatic rings. The van der Waals surface area contributed by atoms with E-state index in [0.717, 1.165) is 18.4 Å². The van der Waals surface area contributed by atoms with Crippen LogP contribution < -0.4 is 4.74 Å². The summed E-state index contributed by atoms with van der Waals surface area (Å²) in [7, 11) is 1.65. The highest BCUT2D eigenvalue weighted by molar-refractivity contribution is 9.10. The van der Waals surface area contributed by atoms with Crippen LogP contribution in [0.5, 0.6) is 5.75 Å². The lowest BCUT2D eigenvalue weighted by Crippen LogP contribution is -2.04. The van der Waals surface area contributed by atoms with Gasteiger partial charge in [0.1, 0.15) is 10.6 Å². The summed E-state index contributed by atoms with van der Waals surface area (Å²) in [6.45, 7) is 4.48. The molecule has 1 rings (SSSR count). The quantitative estimate of drug-likeness (QED) is 0.467. The number of rotatable bonds is 8. The van der Waals surface area contributed by atoms with E-state index in [0.29, 0.717) is 16.8 Å². The first kappa shape index (κ1) is 17.8. The van der Waals surface area contributed by atoms with Gasteiger partial charge in [-0.1, -0.05) is 48.5 Å². The molecule has 0 spiro atoms. The molecule has 0 aliphatic rings. The third-order valence-electron chi connectivity index (χ3n) is 2.96. The van der Waals surface area contributed by atoms with Crippen molar-refractivity contribution in [2.45, 2.75) is 50.8 Å². The summed E-state index contributed by atoms with van der Waals surface area (Å²) >= 11 is 3.27. The smallest absolute Gasteiger partial charge is 0.265 e. The van der Waals surface area contributed by atoms with Crippen LogP contribution in [-0.4, -0.2) is 15.0 Å². The number of ether oxygens (including phenoxy) is 1. The van der Waals surface area contributed by atoms with Crippen molar-refractivity contribution < 1.29 is 13.2 Å². The first-order chi connectivity index (χ1) is 9.36. The Morgan fingerprint density at radius 3 is 2.45 bits per heavy atom. The summed E-state index contributed by atoms with van der Waals surface area (Å²) in [5.41, 5.74) is 0.757. The van der Waals surface area contributed by atoms with Gasteiger partial charge in [0.2, 0.25) is 0 Å². The summed E-state index contributed by atoms with van der Waals surface area (Å²) in [5.74, 6) is 0.360. The van der Waals surface area contributed by atoms with Crippen molar-refractivity contribution in [2.24, 2.45) is 0 Å². The van der Waals surface area contributed by atoms with Gasteiger partial charge in [0.25, 0.3) is 9.05 Å². The fourth-order valence-corrected chi connectivity index (χ4v) is 3.72. The number of halogens is 2. The predicted molar refractivity (Wildman–Crippen MR) is 86.2 cm³/mol. The maximum Gasteiger partial charge on any atom is 0.265 e. The Labute approximate surface area is 134 Å². The molecule has 0 atom stereocenters. The van der Waals surface area contributed by atoms with Gasteiger partial charge in [0.15, 0.2) is 0 Å². The highest BCUT2D eigenvalue weighted by atomic mass is 79.9. The number of hydrogen-bond donors (Lipinski definition) is 0. The Bertz CT molecular complexity index is 544. The Hall–Kier alpha value is -0.260. The van der Waals surface area contributed by atoms with Gasteiger partial charge in [-0.25, -0.2) is 8.42 Å². The van der Waals surface area contributed by atoms with E-state index < -0.39 is 9.05 Å². The third kappa shape index (κ3) is 5.62. The minimum absolute atomic E-state index is 0.0274. The SMILES string of the molecule is CCCCCCCOc1c(C)cc(Br)cc1S(=O)(=O)Cl. The molecule has 3 nitrogen and oxygen atoms in total. The van der Waals surface area contributed by atoms with E-state index in [1.54, 1.807) is 0 Å². The van der Waals surface area contributed by atoms with Gasteiger partial charge in [-0.15, -0.1) is 0 Å². The fraction of sp³-hybridized carbons (Fsp3) is 0.571. The molecule has 0 fully saturated rings.